The van der Waals surface area contributed by atoms with Crippen molar-refractivity contribution in [1.29, 1.82) is 0 Å². The van der Waals surface area contributed by atoms with E-state index in [9.17, 15) is 4.79 Å². The predicted octanol–water partition coefficient (Wildman–Crippen LogP) is 2.76. The summed E-state index contributed by atoms with van der Waals surface area (Å²) in [6.45, 7) is 4.19. The molecule has 0 radical (unpaired) electrons. The van der Waals surface area contributed by atoms with Gasteiger partial charge in [0.1, 0.15) is 0 Å². The number of nitrogens with zero attached hydrogens (tertiary/aromatic N) is 2. The third kappa shape index (κ3) is 3.31. The van der Waals surface area contributed by atoms with Crippen molar-refractivity contribution in [3.8, 4) is 5.69 Å². The Hall–Kier alpha value is -2.36. The van der Waals surface area contributed by atoms with E-state index in [4.69, 9.17) is 4.74 Å². The fourth-order valence-electron chi connectivity index (χ4n) is 1.73. The fraction of sp³-hybridized carbons (Fsp3) is 0.200. The van der Waals surface area contributed by atoms with E-state index in [0.717, 1.165) is 16.8 Å². The lowest BCUT2D eigenvalue weighted by atomic mass is 10.2. The average Bonchev–Trinajstić information content (AvgIpc) is 2.86. The second-order valence-corrected chi connectivity index (χ2v) is 4.09. The van der Waals surface area contributed by atoms with Crippen LogP contribution in [-0.4, -0.2) is 22.4 Å². The van der Waals surface area contributed by atoms with Crippen molar-refractivity contribution in [3.63, 3.8) is 0 Å². The monoisotopic (exact) mass is 256 g/mol. The van der Waals surface area contributed by atoms with Gasteiger partial charge in [0.2, 0.25) is 0 Å². The summed E-state index contributed by atoms with van der Waals surface area (Å²) < 4.78 is 6.61. The molecule has 0 amide bonds. The maximum Gasteiger partial charge on any atom is 0.330 e. The van der Waals surface area contributed by atoms with Gasteiger partial charge in [-0.3, -0.25) is 0 Å². The maximum absolute atomic E-state index is 11.2. The summed E-state index contributed by atoms with van der Waals surface area (Å²) in [4.78, 5) is 11.2. The third-order valence-corrected chi connectivity index (χ3v) is 2.66. The van der Waals surface area contributed by atoms with Gasteiger partial charge in [0.05, 0.1) is 18.5 Å². The third-order valence-electron chi connectivity index (χ3n) is 2.66. The number of aryl methyl sites for hydroxylation is 1. The second kappa shape index (κ2) is 6.00. The Balaban J connectivity index is 2.16. The van der Waals surface area contributed by atoms with Gasteiger partial charge in [-0.1, -0.05) is 18.2 Å². The Kier molecular flexibility index (Phi) is 4.13. The van der Waals surface area contributed by atoms with E-state index in [0.29, 0.717) is 6.61 Å². The van der Waals surface area contributed by atoms with Gasteiger partial charge < -0.3 is 4.74 Å². The van der Waals surface area contributed by atoms with Gasteiger partial charge >= 0.3 is 5.97 Å². The zero-order chi connectivity index (χ0) is 13.7. The molecule has 2 aromatic rings. The van der Waals surface area contributed by atoms with Crippen LogP contribution < -0.4 is 0 Å². The first-order valence-electron chi connectivity index (χ1n) is 6.16. The number of carbonyl (C=O) groups is 1. The van der Waals surface area contributed by atoms with Crippen molar-refractivity contribution < 1.29 is 9.53 Å². The number of ether oxygens (including phenoxy) is 1. The molecule has 4 nitrogen and oxygen atoms in total. The molecule has 0 aliphatic heterocycles. The molecule has 98 valence electrons. The molecule has 0 saturated heterocycles. The van der Waals surface area contributed by atoms with Crippen LogP contribution in [0.2, 0.25) is 0 Å². The summed E-state index contributed by atoms with van der Waals surface area (Å²) in [5.41, 5.74) is 3.03. The Labute approximate surface area is 112 Å². The largest absolute Gasteiger partial charge is 0.463 e. The molecule has 2 rings (SSSR count). The number of rotatable bonds is 4. The zero-order valence-corrected chi connectivity index (χ0v) is 11.0. The lowest BCUT2D eigenvalue weighted by Gasteiger charge is -2.03. The molecule has 0 bridgehead atoms. The number of para-hydroxylation sites is 1. The Bertz CT molecular complexity index is 600. The first-order chi connectivity index (χ1) is 9.20. The van der Waals surface area contributed by atoms with Crippen LogP contribution in [0.4, 0.5) is 0 Å². The van der Waals surface area contributed by atoms with Crippen LogP contribution in [0.1, 0.15) is 18.1 Å². The summed E-state index contributed by atoms with van der Waals surface area (Å²) in [7, 11) is 0. The summed E-state index contributed by atoms with van der Waals surface area (Å²) in [5, 5.41) is 4.28. The van der Waals surface area contributed by atoms with Crippen molar-refractivity contribution >= 4 is 12.0 Å². The van der Waals surface area contributed by atoms with E-state index in [1.165, 1.54) is 6.08 Å². The standard InChI is InChI=1S/C15H16N2O2/c1-3-19-15(18)9-8-13-10-16-17(11-13)14-7-5-4-6-12(14)2/h4-11H,3H2,1-2H3. The van der Waals surface area contributed by atoms with Crippen LogP contribution in [0.25, 0.3) is 11.8 Å². The molecular weight excluding hydrogens is 240 g/mol. The zero-order valence-electron chi connectivity index (χ0n) is 11.0. The van der Waals surface area contributed by atoms with Gasteiger partial charge in [0.15, 0.2) is 0 Å². The number of benzene rings is 1. The van der Waals surface area contributed by atoms with E-state index in [-0.39, 0.29) is 5.97 Å². The van der Waals surface area contributed by atoms with Crippen molar-refractivity contribution in [3.05, 3.63) is 53.9 Å². The smallest absolute Gasteiger partial charge is 0.330 e. The van der Waals surface area contributed by atoms with E-state index >= 15 is 0 Å². The normalized spacial score (nSPS) is 10.8. The minimum absolute atomic E-state index is 0.342. The van der Waals surface area contributed by atoms with Crippen molar-refractivity contribution in [2.24, 2.45) is 0 Å². The van der Waals surface area contributed by atoms with Crippen molar-refractivity contribution in [2.45, 2.75) is 13.8 Å². The van der Waals surface area contributed by atoms with Crippen LogP contribution in [0.5, 0.6) is 0 Å². The van der Waals surface area contributed by atoms with Gasteiger partial charge in [0.25, 0.3) is 0 Å². The molecule has 0 spiro atoms. The number of hydrogen-bond acceptors (Lipinski definition) is 3. The van der Waals surface area contributed by atoms with E-state index < -0.39 is 0 Å². The molecule has 4 heteroatoms. The highest BCUT2D eigenvalue weighted by Crippen LogP contribution is 2.13. The predicted molar refractivity (Wildman–Crippen MR) is 74.0 cm³/mol. The average molecular weight is 256 g/mol. The molecule has 0 aliphatic rings. The van der Waals surface area contributed by atoms with Crippen LogP contribution in [-0.2, 0) is 9.53 Å². The first kappa shape index (κ1) is 13.1. The summed E-state index contributed by atoms with van der Waals surface area (Å²) >= 11 is 0. The number of aromatic nitrogens is 2. The minimum atomic E-state index is -0.342. The van der Waals surface area contributed by atoms with E-state index in [1.54, 1.807) is 23.9 Å². The highest BCUT2D eigenvalue weighted by molar-refractivity contribution is 5.86. The quantitative estimate of drug-likeness (QED) is 0.624. The Morgan fingerprint density at radius 3 is 2.95 bits per heavy atom. The van der Waals surface area contributed by atoms with Gasteiger partial charge in [-0.15, -0.1) is 0 Å². The summed E-state index contributed by atoms with van der Waals surface area (Å²) in [6, 6.07) is 7.99. The van der Waals surface area contributed by atoms with Crippen LogP contribution in [0.3, 0.4) is 0 Å². The van der Waals surface area contributed by atoms with Crippen LogP contribution in [0, 0.1) is 6.92 Å². The molecule has 0 aliphatic carbocycles. The van der Waals surface area contributed by atoms with Gasteiger partial charge in [-0.25, -0.2) is 9.48 Å². The molecule has 1 aromatic heterocycles. The fourth-order valence-corrected chi connectivity index (χ4v) is 1.73. The Morgan fingerprint density at radius 2 is 2.21 bits per heavy atom. The van der Waals surface area contributed by atoms with Gasteiger partial charge in [0, 0.05) is 17.8 Å². The molecule has 19 heavy (non-hydrogen) atoms. The van der Waals surface area contributed by atoms with Crippen LogP contribution >= 0.6 is 0 Å². The molecule has 0 saturated carbocycles. The topological polar surface area (TPSA) is 44.1 Å². The lowest BCUT2D eigenvalue weighted by Crippen LogP contribution is -1.98. The number of esters is 1. The van der Waals surface area contributed by atoms with Gasteiger partial charge in [-0.2, -0.15) is 5.10 Å². The van der Waals surface area contributed by atoms with Crippen LogP contribution in [0.15, 0.2) is 42.7 Å². The molecule has 1 aromatic carbocycles. The van der Waals surface area contributed by atoms with Crippen molar-refractivity contribution in [2.75, 3.05) is 6.61 Å². The molecule has 0 atom stereocenters. The van der Waals surface area contributed by atoms with E-state index in [1.807, 2.05) is 37.4 Å². The molecule has 0 fully saturated rings. The minimum Gasteiger partial charge on any atom is -0.463 e. The second-order valence-electron chi connectivity index (χ2n) is 4.09. The number of hydrogen-bond donors (Lipinski definition) is 0. The highest BCUT2D eigenvalue weighted by Gasteiger charge is 2.02. The number of carbonyl (C=O) groups excluding carboxylic acids is 1. The molecule has 1 heterocycles. The highest BCUT2D eigenvalue weighted by atomic mass is 16.5. The van der Waals surface area contributed by atoms with Crippen molar-refractivity contribution in [1.82, 2.24) is 9.78 Å². The summed E-state index contributed by atoms with van der Waals surface area (Å²) in [6.07, 6.45) is 6.68. The van der Waals surface area contributed by atoms with Gasteiger partial charge in [-0.05, 0) is 31.6 Å². The molecule has 0 N–H and O–H groups in total. The lowest BCUT2D eigenvalue weighted by molar-refractivity contribution is -0.137. The maximum atomic E-state index is 11.2. The molecule has 0 unspecified atom stereocenters. The van der Waals surface area contributed by atoms with E-state index in [2.05, 4.69) is 5.10 Å². The summed E-state index contributed by atoms with van der Waals surface area (Å²) in [5.74, 6) is -0.342. The SMILES string of the molecule is CCOC(=O)C=Cc1cnn(-c2ccccc2C)c1. The Morgan fingerprint density at radius 1 is 1.42 bits per heavy atom. The molecular formula is C15H16N2O2. The first-order valence-corrected chi connectivity index (χ1v) is 6.16.